The maximum absolute atomic E-state index is 14.7. The minimum Gasteiger partial charge on any atom is -0.381 e. The predicted octanol–water partition coefficient (Wildman–Crippen LogP) is 5.61. The summed E-state index contributed by atoms with van der Waals surface area (Å²) in [6, 6.07) is 7.25. The van der Waals surface area contributed by atoms with Gasteiger partial charge in [0.05, 0.1) is 23.6 Å². The number of carbonyl (C=O) groups is 1. The van der Waals surface area contributed by atoms with Gasteiger partial charge in [-0.3, -0.25) is 14.6 Å². The van der Waals surface area contributed by atoms with E-state index in [4.69, 9.17) is 9.72 Å². The van der Waals surface area contributed by atoms with Gasteiger partial charge >= 0.3 is 6.18 Å². The average Bonchev–Trinajstić information content (AvgIpc) is 3.78. The molecule has 3 fully saturated rings. The topological polar surface area (TPSA) is 91.7 Å². The Morgan fingerprint density at radius 2 is 1.84 bits per heavy atom. The van der Waals surface area contributed by atoms with Gasteiger partial charge in [-0.1, -0.05) is 26.7 Å². The molecule has 0 radical (unpaired) electrons. The molecular formula is C36H47F3N8O2. The van der Waals surface area contributed by atoms with Crippen molar-refractivity contribution in [2.75, 3.05) is 44.0 Å². The molecule has 1 atom stereocenters. The Kier molecular flexibility index (Phi) is 8.98. The normalized spacial score (nSPS) is 25.3. The number of alkyl halides is 3. The van der Waals surface area contributed by atoms with E-state index in [1.165, 1.54) is 11.0 Å². The number of benzene rings is 1. The van der Waals surface area contributed by atoms with Crippen molar-refractivity contribution >= 4 is 17.5 Å². The summed E-state index contributed by atoms with van der Waals surface area (Å²) in [6.07, 6.45) is 2.64. The molecule has 0 spiro atoms. The SMILES string of the molecule is COC1CC(c2cc(NC3CCCC3)nc(N3Cc4c(cc(CN5CCN(C)CC5C(C)C)cc4C(F)(F)F)C3=O)c2)(c2nncn2C)C1. The van der Waals surface area contributed by atoms with Gasteiger partial charge in [-0.25, -0.2) is 4.98 Å². The summed E-state index contributed by atoms with van der Waals surface area (Å²) in [7, 11) is 5.67. The molecular weight excluding hydrogens is 633 g/mol. The third-order valence-corrected chi connectivity index (χ3v) is 11.3. The van der Waals surface area contributed by atoms with E-state index in [9.17, 15) is 18.0 Å². The first kappa shape index (κ1) is 33.9. The zero-order chi connectivity index (χ0) is 34.7. The second-order valence-electron chi connectivity index (χ2n) is 14.9. The molecule has 2 aliphatic heterocycles. The number of aromatic nitrogens is 4. The van der Waals surface area contributed by atoms with E-state index in [1.54, 1.807) is 19.5 Å². The summed E-state index contributed by atoms with van der Waals surface area (Å²) >= 11 is 0. The van der Waals surface area contributed by atoms with Crippen molar-refractivity contribution in [3.8, 4) is 0 Å². The van der Waals surface area contributed by atoms with Gasteiger partial charge in [0.1, 0.15) is 23.8 Å². The number of hydrogen-bond donors (Lipinski definition) is 1. The van der Waals surface area contributed by atoms with Crippen LogP contribution in [0.1, 0.15) is 90.8 Å². The molecule has 1 unspecified atom stereocenters. The number of nitrogens with zero attached hydrogens (tertiary/aromatic N) is 7. The molecule has 0 bridgehead atoms. The number of carbonyl (C=O) groups excluding carboxylic acids is 1. The number of nitrogens with one attached hydrogen (secondary N) is 1. The molecule has 2 aromatic heterocycles. The predicted molar refractivity (Wildman–Crippen MR) is 180 cm³/mol. The first-order valence-corrected chi connectivity index (χ1v) is 17.5. The Bertz CT molecular complexity index is 1700. The highest BCUT2D eigenvalue weighted by Gasteiger charge is 2.51. The third kappa shape index (κ3) is 6.33. The number of likely N-dealkylation sites (N-methyl/N-ethyl adjacent to an activating group) is 1. The number of halogens is 3. The Labute approximate surface area is 286 Å². The van der Waals surface area contributed by atoms with Gasteiger partial charge in [0.15, 0.2) is 0 Å². The van der Waals surface area contributed by atoms with Crippen LogP contribution >= 0.6 is 0 Å². The number of rotatable bonds is 9. The molecule has 1 amide bonds. The molecule has 4 aliphatic rings. The van der Waals surface area contributed by atoms with Crippen LogP contribution in [0.15, 0.2) is 30.6 Å². The molecule has 3 aromatic rings. The fourth-order valence-electron chi connectivity index (χ4n) is 8.48. The van der Waals surface area contributed by atoms with E-state index < -0.39 is 23.1 Å². The molecule has 2 saturated carbocycles. The lowest BCUT2D eigenvalue weighted by molar-refractivity contribution is -0.138. The van der Waals surface area contributed by atoms with Crippen molar-refractivity contribution in [3.63, 3.8) is 0 Å². The van der Waals surface area contributed by atoms with Gasteiger partial charge in [0, 0.05) is 58.0 Å². The first-order chi connectivity index (χ1) is 23.4. The number of amides is 1. The first-order valence-electron chi connectivity index (χ1n) is 17.5. The number of piperazine rings is 1. The third-order valence-electron chi connectivity index (χ3n) is 11.3. The van der Waals surface area contributed by atoms with Gasteiger partial charge in [0.25, 0.3) is 5.91 Å². The van der Waals surface area contributed by atoms with E-state index in [2.05, 4.69) is 46.2 Å². The molecule has 264 valence electrons. The van der Waals surface area contributed by atoms with Crippen molar-refractivity contribution in [3.05, 3.63) is 64.2 Å². The number of hydrogen-bond acceptors (Lipinski definition) is 8. The van der Waals surface area contributed by atoms with E-state index >= 15 is 0 Å². The summed E-state index contributed by atoms with van der Waals surface area (Å²) in [4.78, 5) is 25.1. The van der Waals surface area contributed by atoms with Crippen molar-refractivity contribution in [1.82, 2.24) is 29.5 Å². The van der Waals surface area contributed by atoms with Crippen molar-refractivity contribution < 1.29 is 22.7 Å². The van der Waals surface area contributed by atoms with Crippen molar-refractivity contribution in [2.24, 2.45) is 13.0 Å². The maximum atomic E-state index is 14.7. The van der Waals surface area contributed by atoms with Crippen LogP contribution in [0.5, 0.6) is 0 Å². The average molecular weight is 681 g/mol. The van der Waals surface area contributed by atoms with Gasteiger partial charge in [-0.15, -0.1) is 10.2 Å². The number of ether oxygens (including phenoxy) is 1. The molecule has 7 rings (SSSR count). The molecule has 2 aliphatic carbocycles. The summed E-state index contributed by atoms with van der Waals surface area (Å²) in [5.74, 6) is 1.58. The molecule has 10 nitrogen and oxygen atoms in total. The minimum absolute atomic E-state index is 0.00338. The molecule has 4 heterocycles. The number of anilines is 2. The Morgan fingerprint density at radius 3 is 2.49 bits per heavy atom. The minimum atomic E-state index is -4.61. The van der Waals surface area contributed by atoms with E-state index in [1.807, 2.05) is 23.7 Å². The van der Waals surface area contributed by atoms with Gasteiger partial charge in [-0.05, 0) is 79.6 Å². The van der Waals surface area contributed by atoms with Crippen LogP contribution in [0.4, 0.5) is 24.8 Å². The van der Waals surface area contributed by atoms with Crippen LogP contribution in [0, 0.1) is 5.92 Å². The lowest BCUT2D eigenvalue weighted by atomic mass is 9.62. The van der Waals surface area contributed by atoms with Crippen LogP contribution in [-0.2, 0) is 36.5 Å². The van der Waals surface area contributed by atoms with Crippen LogP contribution < -0.4 is 10.2 Å². The zero-order valence-electron chi connectivity index (χ0n) is 29.1. The number of aryl methyl sites for hydroxylation is 1. The van der Waals surface area contributed by atoms with Crippen LogP contribution in [-0.4, -0.2) is 87.4 Å². The second-order valence-corrected chi connectivity index (χ2v) is 14.9. The highest BCUT2D eigenvalue weighted by Crippen LogP contribution is 2.51. The fraction of sp³-hybridized carbons (Fsp3) is 0.611. The number of pyridine rings is 1. The highest BCUT2D eigenvalue weighted by molar-refractivity contribution is 6.10. The van der Waals surface area contributed by atoms with Gasteiger partial charge in [-0.2, -0.15) is 13.2 Å². The highest BCUT2D eigenvalue weighted by atomic mass is 19.4. The monoisotopic (exact) mass is 680 g/mol. The van der Waals surface area contributed by atoms with Crippen LogP contribution in [0.2, 0.25) is 0 Å². The molecule has 1 saturated heterocycles. The van der Waals surface area contributed by atoms with E-state index in [-0.39, 0.29) is 35.9 Å². The van der Waals surface area contributed by atoms with E-state index in [0.29, 0.717) is 42.5 Å². The second kappa shape index (κ2) is 13.0. The Morgan fingerprint density at radius 1 is 1.08 bits per heavy atom. The largest absolute Gasteiger partial charge is 0.416 e. The van der Waals surface area contributed by atoms with Gasteiger partial charge < -0.3 is 19.5 Å². The quantitative estimate of drug-likeness (QED) is 0.312. The molecule has 1 aromatic carbocycles. The summed E-state index contributed by atoms with van der Waals surface area (Å²) < 4.78 is 51.8. The van der Waals surface area contributed by atoms with Crippen molar-refractivity contribution in [2.45, 2.75) is 95.2 Å². The van der Waals surface area contributed by atoms with E-state index in [0.717, 1.165) is 56.7 Å². The van der Waals surface area contributed by atoms with Crippen LogP contribution in [0.3, 0.4) is 0 Å². The van der Waals surface area contributed by atoms with Crippen LogP contribution in [0.25, 0.3) is 0 Å². The number of methoxy groups -OCH3 is 1. The maximum Gasteiger partial charge on any atom is 0.416 e. The van der Waals surface area contributed by atoms with Gasteiger partial charge in [0.2, 0.25) is 0 Å². The zero-order valence-corrected chi connectivity index (χ0v) is 29.1. The summed E-state index contributed by atoms with van der Waals surface area (Å²) in [6.45, 7) is 6.88. The summed E-state index contributed by atoms with van der Waals surface area (Å²) in [5, 5.41) is 12.2. The Hall–Kier alpha value is -3.55. The lowest BCUT2D eigenvalue weighted by Crippen LogP contribution is -2.53. The smallest absolute Gasteiger partial charge is 0.381 e. The number of fused-ring (bicyclic) bond motifs is 1. The lowest BCUT2D eigenvalue weighted by Gasteiger charge is -2.46. The standard InChI is InChI=1S/C36H47F3N8O2/c1-22(2)30-20-44(3)10-11-46(30)18-23-12-27-28(29(13-23)36(37,38)39)19-47(33(27)48)32-15-24(14-31(42-32)41-25-8-6-7-9-25)35(16-26(17-35)49-5)34-43-40-21-45(34)4/h12-15,21-22,25-26,30H,6-11,16-20H2,1-5H3,(H,41,42). The fourth-order valence-corrected chi connectivity index (χ4v) is 8.48. The molecule has 49 heavy (non-hydrogen) atoms. The molecule has 13 heteroatoms. The Balaban J connectivity index is 1.27. The molecule has 1 N–H and O–H groups in total. The van der Waals surface area contributed by atoms with Crippen molar-refractivity contribution in [1.29, 1.82) is 0 Å². The summed E-state index contributed by atoms with van der Waals surface area (Å²) in [5.41, 5.74) is 0.197.